The van der Waals surface area contributed by atoms with Gasteiger partial charge in [-0.2, -0.15) is 0 Å². The molecule has 1 unspecified atom stereocenters. The summed E-state index contributed by atoms with van der Waals surface area (Å²) in [7, 11) is 0. The van der Waals surface area contributed by atoms with E-state index in [1.54, 1.807) is 30.3 Å². The molecule has 2 aromatic carbocycles. The number of amidine groups is 1. The van der Waals surface area contributed by atoms with Crippen LogP contribution < -0.4 is 53.6 Å². The molecule has 0 saturated carbocycles. The molecule has 5 rings (SSSR count). The number of rotatable bonds is 24. The van der Waals surface area contributed by atoms with Crippen LogP contribution in [0.2, 0.25) is 0 Å². The molecule has 0 aliphatic carbocycles. The number of nitrogens with zero attached hydrogens (tertiary/aromatic N) is 2. The standard InChI is InChI=1S/C51H69N11O7/c1-7-61(43(53)18-16-32(4)35-27-37(38(29-52)41(28-35)58-31(2)3)47(65)57-30-39-33(5)26-34(6)59-48(39)66)25-24-54-23-20-44(63)56-22-12-10-8-9-11-21-55-40-15-13-14-36-46(40)51(69)62(50(36)68)42-17-19-45(64)60-49(42)67/h13-16,18,26-29,31,42,53-55,58H,7-12,17,19-25,30,52H2,1-6H3,(H,56,63)(H,57,65)(H,59,66)(H,60,64,67). The number of amides is 6. The largest absolute Gasteiger partial charge is 0.404 e. The van der Waals surface area contributed by atoms with Gasteiger partial charge in [0.2, 0.25) is 17.7 Å². The SMILES string of the molecule is CCN(CCNCCC(=O)NCCCCCCCNc1cccc2c1C(=O)N(C1CCC(=O)NC1=O)C2=O)C(=N)C=CC(C)=c1cc(NC(C)C)c(=CN)c(C(=O)NCc2c(C)cc(C)[nH]c2=O)c1. The highest BCUT2D eigenvalue weighted by Gasteiger charge is 2.45. The summed E-state index contributed by atoms with van der Waals surface area (Å²) in [6.45, 7) is 15.1. The number of aryl methyl sites for hydroxylation is 2. The van der Waals surface area contributed by atoms with E-state index in [0.29, 0.717) is 79.2 Å². The molecule has 18 heteroatoms. The van der Waals surface area contributed by atoms with Gasteiger partial charge in [-0.15, -0.1) is 0 Å². The van der Waals surface area contributed by atoms with E-state index in [-0.39, 0.29) is 53.9 Å². The fourth-order valence-electron chi connectivity index (χ4n) is 8.42. The normalized spacial score (nSPS) is 15.4. The molecule has 18 nitrogen and oxygen atoms in total. The fraction of sp³-hybridized carbons (Fsp3) is 0.451. The van der Waals surface area contributed by atoms with Crippen LogP contribution in [0.1, 0.15) is 127 Å². The maximum Gasteiger partial charge on any atom is 0.264 e. The maximum absolute atomic E-state index is 13.6. The summed E-state index contributed by atoms with van der Waals surface area (Å²) < 4.78 is 0. The van der Waals surface area contributed by atoms with Crippen LogP contribution in [0.5, 0.6) is 0 Å². The van der Waals surface area contributed by atoms with Crippen LogP contribution in [-0.4, -0.2) is 107 Å². The van der Waals surface area contributed by atoms with Gasteiger partial charge in [-0.25, -0.2) is 0 Å². The number of fused-ring (bicyclic) bond motifs is 1. The third-order valence-electron chi connectivity index (χ3n) is 12.2. The number of pyridine rings is 1. The molecule has 0 radical (unpaired) electrons. The molecular weight excluding hydrogens is 879 g/mol. The second-order valence-electron chi connectivity index (χ2n) is 17.8. The third kappa shape index (κ3) is 14.2. The smallest absolute Gasteiger partial charge is 0.264 e. The number of nitrogens with two attached hydrogens (primary N) is 1. The van der Waals surface area contributed by atoms with Gasteiger partial charge in [-0.3, -0.25) is 49.2 Å². The van der Waals surface area contributed by atoms with Crippen molar-refractivity contribution in [2.24, 2.45) is 5.73 Å². The Balaban J connectivity index is 0.994. The fourth-order valence-corrected chi connectivity index (χ4v) is 8.42. The third-order valence-corrected chi connectivity index (χ3v) is 12.2. The molecule has 69 heavy (non-hydrogen) atoms. The maximum atomic E-state index is 13.6. The number of hydrogen-bond acceptors (Lipinski definition) is 12. The first-order chi connectivity index (χ1) is 33.0. The minimum Gasteiger partial charge on any atom is -0.404 e. The first-order valence-electron chi connectivity index (χ1n) is 23.9. The lowest BCUT2D eigenvalue weighted by atomic mass is 10.0. The molecule has 1 saturated heterocycles. The molecule has 6 amide bonds. The van der Waals surface area contributed by atoms with Crippen LogP contribution in [0.3, 0.4) is 0 Å². The molecule has 370 valence electrons. The van der Waals surface area contributed by atoms with Crippen molar-refractivity contribution in [3.05, 3.63) is 103 Å². The number of likely N-dealkylation sites (N-methyl/N-ethyl adjacent to an activating group) is 1. The number of aromatic nitrogens is 1. The van der Waals surface area contributed by atoms with E-state index >= 15 is 0 Å². The van der Waals surface area contributed by atoms with Crippen molar-refractivity contribution in [1.29, 1.82) is 5.41 Å². The Morgan fingerprint density at radius 2 is 1.67 bits per heavy atom. The lowest BCUT2D eigenvalue weighted by Crippen LogP contribution is -2.54. The van der Waals surface area contributed by atoms with Crippen LogP contribution in [0, 0.1) is 19.3 Å². The average molecular weight is 948 g/mol. The van der Waals surface area contributed by atoms with Gasteiger partial charge in [-0.05, 0) is 114 Å². The van der Waals surface area contributed by atoms with Crippen molar-refractivity contribution in [1.82, 2.24) is 36.1 Å². The number of allylic oxidation sites excluding steroid dienone is 1. The monoisotopic (exact) mass is 948 g/mol. The predicted molar refractivity (Wildman–Crippen MR) is 269 cm³/mol. The van der Waals surface area contributed by atoms with E-state index in [9.17, 15) is 33.6 Å². The van der Waals surface area contributed by atoms with Crippen molar-refractivity contribution in [3.63, 3.8) is 0 Å². The van der Waals surface area contributed by atoms with Crippen LogP contribution in [0.4, 0.5) is 11.4 Å². The van der Waals surface area contributed by atoms with Crippen molar-refractivity contribution in [2.75, 3.05) is 49.9 Å². The van der Waals surface area contributed by atoms with E-state index in [0.717, 1.165) is 59.1 Å². The number of piperidine rings is 1. The lowest BCUT2D eigenvalue weighted by molar-refractivity contribution is -0.136. The molecule has 2 aliphatic heterocycles. The van der Waals surface area contributed by atoms with E-state index in [1.807, 2.05) is 64.7 Å². The number of carbonyl (C=O) groups excluding carboxylic acids is 6. The van der Waals surface area contributed by atoms with Crippen molar-refractivity contribution in [3.8, 4) is 0 Å². The van der Waals surface area contributed by atoms with Crippen LogP contribution in [-0.2, 0) is 20.9 Å². The number of H-pyrrole nitrogens is 1. The summed E-state index contributed by atoms with van der Waals surface area (Å²) in [5, 5.41) is 28.2. The van der Waals surface area contributed by atoms with E-state index < -0.39 is 29.7 Å². The molecule has 2 aliphatic rings. The average Bonchev–Trinajstić information content (AvgIpc) is 3.56. The molecule has 1 fully saturated rings. The van der Waals surface area contributed by atoms with Gasteiger partial charge in [0, 0.05) is 98.7 Å². The van der Waals surface area contributed by atoms with Gasteiger partial charge in [0.25, 0.3) is 23.3 Å². The minimum absolute atomic E-state index is 0.0262. The van der Waals surface area contributed by atoms with Gasteiger partial charge in [0.05, 0.1) is 16.7 Å². The Hall–Kier alpha value is -7.08. The Morgan fingerprint density at radius 3 is 2.36 bits per heavy atom. The minimum atomic E-state index is -1.01. The number of hydrogen-bond donors (Lipinski definition) is 9. The highest BCUT2D eigenvalue weighted by atomic mass is 16.2. The van der Waals surface area contributed by atoms with Crippen molar-refractivity contribution >= 4 is 64.4 Å². The van der Waals surface area contributed by atoms with Gasteiger partial charge in [-0.1, -0.05) is 31.4 Å². The van der Waals surface area contributed by atoms with Crippen LogP contribution in [0.15, 0.2) is 53.3 Å². The predicted octanol–water partition coefficient (Wildman–Crippen LogP) is 3.02. The van der Waals surface area contributed by atoms with Gasteiger partial charge in [0.15, 0.2) is 0 Å². The number of benzene rings is 2. The summed E-state index contributed by atoms with van der Waals surface area (Å²) in [5.41, 5.74) is 10.8. The first-order valence-corrected chi connectivity index (χ1v) is 23.9. The zero-order valence-electron chi connectivity index (χ0n) is 40.8. The molecule has 1 aromatic heterocycles. The van der Waals surface area contributed by atoms with E-state index in [2.05, 4.69) is 36.9 Å². The lowest BCUT2D eigenvalue weighted by Gasteiger charge is -2.27. The van der Waals surface area contributed by atoms with Gasteiger partial charge < -0.3 is 42.2 Å². The highest BCUT2D eigenvalue weighted by Crippen LogP contribution is 2.32. The number of unbranched alkanes of at least 4 members (excludes halogenated alkanes) is 4. The summed E-state index contributed by atoms with van der Waals surface area (Å²) >= 11 is 0. The van der Waals surface area contributed by atoms with Crippen LogP contribution in [0.25, 0.3) is 11.8 Å². The summed E-state index contributed by atoms with van der Waals surface area (Å²) in [5.74, 6) is -2.19. The van der Waals surface area contributed by atoms with Gasteiger partial charge in [0.1, 0.15) is 11.9 Å². The number of imide groups is 2. The number of anilines is 2. The number of nitrogens with one attached hydrogen (secondary N) is 8. The number of carbonyl (C=O) groups is 6. The topological polar surface area (TPSA) is 264 Å². The first kappa shape index (κ1) is 52.9. The summed E-state index contributed by atoms with van der Waals surface area (Å²) in [6.07, 6.45) is 10.1. The van der Waals surface area contributed by atoms with E-state index in [1.165, 1.54) is 6.20 Å². The Bertz CT molecular complexity index is 2640. The Morgan fingerprint density at radius 1 is 0.928 bits per heavy atom. The van der Waals surface area contributed by atoms with E-state index in [4.69, 9.17) is 11.1 Å². The summed E-state index contributed by atoms with van der Waals surface area (Å²) in [6, 6.07) is 9.65. The Kier molecular flexibility index (Phi) is 19.4. The molecule has 0 spiro atoms. The van der Waals surface area contributed by atoms with Crippen LogP contribution >= 0.6 is 0 Å². The molecule has 10 N–H and O–H groups in total. The van der Waals surface area contributed by atoms with Crippen molar-refractivity contribution < 1.29 is 28.8 Å². The molecular formula is C51H69N11O7. The number of aromatic amines is 1. The highest BCUT2D eigenvalue weighted by molar-refractivity contribution is 6.25. The van der Waals surface area contributed by atoms with Crippen molar-refractivity contribution in [2.45, 2.75) is 112 Å². The second kappa shape index (κ2) is 25.3. The molecule has 3 aromatic rings. The zero-order valence-corrected chi connectivity index (χ0v) is 40.8. The molecule has 0 bridgehead atoms. The quantitative estimate of drug-likeness (QED) is 0.0272. The Labute approximate surface area is 403 Å². The molecule has 3 heterocycles. The molecule has 1 atom stereocenters. The van der Waals surface area contributed by atoms with Gasteiger partial charge >= 0.3 is 0 Å². The second-order valence-corrected chi connectivity index (χ2v) is 17.8. The summed E-state index contributed by atoms with van der Waals surface area (Å²) in [4.78, 5) is 94.8. The zero-order chi connectivity index (χ0) is 50.2.